The number of hydrazine groups is 1. The maximum atomic E-state index is 12.2. The van der Waals surface area contributed by atoms with Crippen molar-refractivity contribution < 1.29 is 23.9 Å². The van der Waals surface area contributed by atoms with Crippen molar-refractivity contribution in [2.45, 2.75) is 13.8 Å². The molecule has 2 aromatic carbocycles. The summed E-state index contributed by atoms with van der Waals surface area (Å²) in [6, 6.07) is 12.8. The maximum Gasteiger partial charge on any atom is 0.411 e. The summed E-state index contributed by atoms with van der Waals surface area (Å²) in [4.78, 5) is 35.7. The number of nitrogens with one attached hydrogen (secondary N) is 3. The molecule has 0 fully saturated rings. The van der Waals surface area contributed by atoms with E-state index in [0.717, 1.165) is 0 Å². The predicted octanol–water partition coefficient (Wildman–Crippen LogP) is 2.73. The number of hydrogen-bond donors (Lipinski definition) is 3. The lowest BCUT2D eigenvalue weighted by Crippen LogP contribution is -2.41. The van der Waals surface area contributed by atoms with Crippen molar-refractivity contribution in [2.75, 3.05) is 18.5 Å². The number of carbonyl (C=O) groups excluding carboxylic acids is 3. The van der Waals surface area contributed by atoms with Crippen LogP contribution in [0.3, 0.4) is 0 Å². The number of amides is 3. The molecule has 27 heavy (non-hydrogen) atoms. The van der Waals surface area contributed by atoms with Gasteiger partial charge in [0.15, 0.2) is 0 Å². The Hall–Kier alpha value is -3.55. The number of benzene rings is 2. The highest BCUT2D eigenvalue weighted by atomic mass is 16.5. The molecule has 0 saturated carbocycles. The molecule has 8 heteroatoms. The molecule has 0 aromatic heterocycles. The average Bonchev–Trinajstić information content (AvgIpc) is 2.67. The smallest absolute Gasteiger partial charge is 0.411 e. The summed E-state index contributed by atoms with van der Waals surface area (Å²) in [7, 11) is 0. The van der Waals surface area contributed by atoms with Crippen LogP contribution in [0, 0.1) is 0 Å². The third-order valence-corrected chi connectivity index (χ3v) is 3.36. The van der Waals surface area contributed by atoms with Crippen LogP contribution in [-0.2, 0) is 4.74 Å². The largest absolute Gasteiger partial charge is 0.494 e. The Morgan fingerprint density at radius 1 is 0.852 bits per heavy atom. The molecule has 0 aliphatic carbocycles. The summed E-state index contributed by atoms with van der Waals surface area (Å²) in [6.07, 6.45) is -0.612. The molecule has 0 atom stereocenters. The fourth-order valence-corrected chi connectivity index (χ4v) is 2.15. The third-order valence-electron chi connectivity index (χ3n) is 3.36. The van der Waals surface area contributed by atoms with Crippen LogP contribution in [0.15, 0.2) is 48.5 Å². The van der Waals surface area contributed by atoms with Gasteiger partial charge in [-0.05, 0) is 56.3 Å². The molecular weight excluding hydrogens is 350 g/mol. The van der Waals surface area contributed by atoms with E-state index in [1.54, 1.807) is 49.4 Å². The summed E-state index contributed by atoms with van der Waals surface area (Å²) in [5.74, 6) is -0.335. The van der Waals surface area contributed by atoms with E-state index in [0.29, 0.717) is 23.6 Å². The first kappa shape index (κ1) is 19.8. The first-order valence-electron chi connectivity index (χ1n) is 8.40. The second-order valence-electron chi connectivity index (χ2n) is 5.29. The van der Waals surface area contributed by atoms with Crippen molar-refractivity contribution in [1.29, 1.82) is 0 Å². The molecular formula is C19H21N3O5. The van der Waals surface area contributed by atoms with Crippen LogP contribution >= 0.6 is 0 Å². The lowest BCUT2D eigenvalue weighted by atomic mass is 10.2. The topological polar surface area (TPSA) is 106 Å². The van der Waals surface area contributed by atoms with Crippen molar-refractivity contribution in [2.24, 2.45) is 0 Å². The van der Waals surface area contributed by atoms with Gasteiger partial charge in [-0.25, -0.2) is 4.79 Å². The van der Waals surface area contributed by atoms with Gasteiger partial charge in [-0.15, -0.1) is 0 Å². The van der Waals surface area contributed by atoms with Crippen LogP contribution in [0.1, 0.15) is 34.6 Å². The van der Waals surface area contributed by atoms with E-state index in [1.807, 2.05) is 6.92 Å². The van der Waals surface area contributed by atoms with E-state index in [1.165, 1.54) is 6.07 Å². The van der Waals surface area contributed by atoms with E-state index in [9.17, 15) is 14.4 Å². The van der Waals surface area contributed by atoms with Gasteiger partial charge in [-0.3, -0.25) is 25.8 Å². The summed E-state index contributed by atoms with van der Waals surface area (Å²) >= 11 is 0. The average molecular weight is 371 g/mol. The quantitative estimate of drug-likeness (QED) is 0.677. The molecule has 0 aliphatic heterocycles. The predicted molar refractivity (Wildman–Crippen MR) is 99.6 cm³/mol. The number of anilines is 1. The Kier molecular flexibility index (Phi) is 7.18. The second-order valence-corrected chi connectivity index (χ2v) is 5.29. The van der Waals surface area contributed by atoms with Crippen LogP contribution in [0.25, 0.3) is 0 Å². The molecule has 0 bridgehead atoms. The number of rotatable bonds is 6. The standard InChI is InChI=1S/C19H21N3O5/c1-3-26-16-10-8-13(9-11-16)17(23)21-22-18(24)14-6-5-7-15(12-14)20-19(25)27-4-2/h5-12H,3-4H2,1-2H3,(H,20,25)(H,21,23)(H,22,24). The molecule has 142 valence electrons. The normalized spacial score (nSPS) is 9.85. The molecule has 0 aliphatic rings. The van der Waals surface area contributed by atoms with Crippen LogP contribution in [-0.4, -0.2) is 31.1 Å². The van der Waals surface area contributed by atoms with Gasteiger partial charge in [0.1, 0.15) is 5.75 Å². The lowest BCUT2D eigenvalue weighted by Gasteiger charge is -2.10. The highest BCUT2D eigenvalue weighted by Gasteiger charge is 2.11. The minimum Gasteiger partial charge on any atom is -0.494 e. The van der Waals surface area contributed by atoms with Gasteiger partial charge in [0, 0.05) is 16.8 Å². The van der Waals surface area contributed by atoms with Crippen LogP contribution in [0.4, 0.5) is 10.5 Å². The summed E-state index contributed by atoms with van der Waals surface area (Å²) in [5.41, 5.74) is 5.70. The van der Waals surface area contributed by atoms with Gasteiger partial charge in [0.05, 0.1) is 13.2 Å². The Morgan fingerprint density at radius 2 is 1.52 bits per heavy atom. The minimum atomic E-state index is -0.612. The molecule has 0 radical (unpaired) electrons. The van der Waals surface area contributed by atoms with E-state index in [4.69, 9.17) is 9.47 Å². The van der Waals surface area contributed by atoms with Crippen molar-refractivity contribution in [3.8, 4) is 5.75 Å². The fraction of sp³-hybridized carbons (Fsp3) is 0.211. The molecule has 3 amide bonds. The van der Waals surface area contributed by atoms with Crippen molar-refractivity contribution in [3.05, 3.63) is 59.7 Å². The zero-order valence-corrected chi connectivity index (χ0v) is 15.1. The number of ether oxygens (including phenoxy) is 2. The van der Waals surface area contributed by atoms with Gasteiger partial charge in [0.2, 0.25) is 0 Å². The molecule has 8 nitrogen and oxygen atoms in total. The fourth-order valence-electron chi connectivity index (χ4n) is 2.15. The molecule has 2 rings (SSSR count). The van der Waals surface area contributed by atoms with Crippen LogP contribution in [0.2, 0.25) is 0 Å². The monoisotopic (exact) mass is 371 g/mol. The molecule has 0 heterocycles. The molecule has 2 aromatic rings. The summed E-state index contributed by atoms with van der Waals surface area (Å²) < 4.78 is 10.1. The van der Waals surface area contributed by atoms with Gasteiger partial charge in [-0.2, -0.15) is 0 Å². The first-order chi connectivity index (χ1) is 13.0. The van der Waals surface area contributed by atoms with Gasteiger partial charge in [-0.1, -0.05) is 6.07 Å². The number of carbonyl (C=O) groups is 3. The van der Waals surface area contributed by atoms with Gasteiger partial charge < -0.3 is 9.47 Å². The Labute approximate surface area is 156 Å². The maximum absolute atomic E-state index is 12.2. The molecule has 0 spiro atoms. The van der Waals surface area contributed by atoms with Gasteiger partial charge >= 0.3 is 6.09 Å². The van der Waals surface area contributed by atoms with Gasteiger partial charge in [0.25, 0.3) is 11.8 Å². The van der Waals surface area contributed by atoms with E-state index >= 15 is 0 Å². The SMILES string of the molecule is CCOC(=O)Nc1cccc(C(=O)NNC(=O)c2ccc(OCC)cc2)c1. The van der Waals surface area contributed by atoms with Crippen molar-refractivity contribution >= 4 is 23.6 Å². The third kappa shape index (κ3) is 6.03. The van der Waals surface area contributed by atoms with Crippen LogP contribution < -0.4 is 20.9 Å². The zero-order valence-electron chi connectivity index (χ0n) is 15.1. The Bertz CT molecular complexity index is 805. The second kappa shape index (κ2) is 9.81. The Balaban J connectivity index is 1.93. The van der Waals surface area contributed by atoms with Crippen LogP contribution in [0.5, 0.6) is 5.75 Å². The Morgan fingerprint density at radius 3 is 2.15 bits per heavy atom. The zero-order chi connectivity index (χ0) is 19.6. The molecule has 0 saturated heterocycles. The highest BCUT2D eigenvalue weighted by molar-refractivity contribution is 6.00. The molecule has 3 N–H and O–H groups in total. The van der Waals surface area contributed by atoms with Crippen molar-refractivity contribution in [1.82, 2.24) is 10.9 Å². The van der Waals surface area contributed by atoms with E-state index in [2.05, 4.69) is 16.2 Å². The number of hydrogen-bond acceptors (Lipinski definition) is 5. The summed E-state index contributed by atoms with van der Waals surface area (Å²) in [6.45, 7) is 4.33. The molecule has 0 unspecified atom stereocenters. The minimum absolute atomic E-state index is 0.240. The summed E-state index contributed by atoms with van der Waals surface area (Å²) in [5, 5.41) is 2.50. The van der Waals surface area contributed by atoms with E-state index in [-0.39, 0.29) is 12.2 Å². The lowest BCUT2D eigenvalue weighted by molar-refractivity contribution is 0.0846. The first-order valence-corrected chi connectivity index (χ1v) is 8.40. The highest BCUT2D eigenvalue weighted by Crippen LogP contribution is 2.12. The van der Waals surface area contributed by atoms with E-state index < -0.39 is 17.9 Å². The van der Waals surface area contributed by atoms with Crippen molar-refractivity contribution in [3.63, 3.8) is 0 Å².